The molecule has 1 atom stereocenters. The minimum absolute atomic E-state index is 0.0461. The van der Waals surface area contributed by atoms with Crippen LogP contribution in [-0.4, -0.2) is 64.4 Å². The van der Waals surface area contributed by atoms with Crippen LogP contribution in [0.15, 0.2) is 42.5 Å². The number of amides is 1. The Balaban J connectivity index is 1.37. The highest BCUT2D eigenvalue weighted by Gasteiger charge is 2.27. The highest BCUT2D eigenvalue weighted by molar-refractivity contribution is 5.96. The summed E-state index contributed by atoms with van der Waals surface area (Å²) in [6, 6.07) is 14.5. The maximum atomic E-state index is 12.4. The minimum atomic E-state index is 0.0461. The second-order valence-electron chi connectivity index (χ2n) is 8.55. The van der Waals surface area contributed by atoms with Crippen molar-refractivity contribution in [2.75, 3.05) is 63.8 Å². The fourth-order valence-electron chi connectivity index (χ4n) is 4.30. The molecular weight excluding hydrogens is 390 g/mol. The van der Waals surface area contributed by atoms with E-state index >= 15 is 0 Å². The molecule has 2 aromatic rings. The molecule has 0 saturated carbocycles. The average molecular weight is 424 g/mol. The first-order valence-electron chi connectivity index (χ1n) is 11.2. The highest BCUT2D eigenvalue weighted by atomic mass is 16.5. The van der Waals surface area contributed by atoms with Crippen LogP contribution in [0.25, 0.3) is 0 Å². The van der Waals surface area contributed by atoms with E-state index in [0.717, 1.165) is 73.9 Å². The largest absolute Gasteiger partial charge is 0.494 e. The molecule has 4 rings (SSSR count). The first kappa shape index (κ1) is 21.7. The molecule has 166 valence electrons. The molecule has 1 amide bonds. The van der Waals surface area contributed by atoms with E-state index in [1.165, 1.54) is 0 Å². The Morgan fingerprint density at radius 2 is 1.97 bits per heavy atom. The minimum Gasteiger partial charge on any atom is -0.494 e. The van der Waals surface area contributed by atoms with Crippen LogP contribution < -0.4 is 15.0 Å². The van der Waals surface area contributed by atoms with Crippen LogP contribution >= 0.6 is 0 Å². The van der Waals surface area contributed by atoms with E-state index in [1.807, 2.05) is 37.2 Å². The number of carbonyl (C=O) groups is 1. The number of fused-ring (bicyclic) bond motifs is 1. The SMILES string of the molecule is CN(C)c1ccc2c(c1)NC(=O)CC2c1cccc(OCCCCN2CCOCC2)c1. The summed E-state index contributed by atoms with van der Waals surface area (Å²) < 4.78 is 11.4. The topological polar surface area (TPSA) is 54.0 Å². The normalized spacial score (nSPS) is 18.9. The molecule has 6 nitrogen and oxygen atoms in total. The summed E-state index contributed by atoms with van der Waals surface area (Å²) in [5.74, 6) is 0.981. The van der Waals surface area contributed by atoms with Crippen molar-refractivity contribution in [3.05, 3.63) is 53.6 Å². The van der Waals surface area contributed by atoms with Crippen LogP contribution in [-0.2, 0) is 9.53 Å². The lowest BCUT2D eigenvalue weighted by molar-refractivity contribution is -0.116. The van der Waals surface area contributed by atoms with E-state index in [0.29, 0.717) is 13.0 Å². The molecular formula is C25H33N3O3. The zero-order valence-corrected chi connectivity index (χ0v) is 18.6. The maximum absolute atomic E-state index is 12.4. The molecule has 2 aliphatic heterocycles. The zero-order valence-electron chi connectivity index (χ0n) is 18.6. The van der Waals surface area contributed by atoms with Crippen molar-refractivity contribution >= 4 is 17.3 Å². The number of morpholine rings is 1. The highest BCUT2D eigenvalue weighted by Crippen LogP contribution is 2.39. The lowest BCUT2D eigenvalue weighted by Crippen LogP contribution is -2.36. The van der Waals surface area contributed by atoms with Gasteiger partial charge in [0.05, 0.1) is 19.8 Å². The molecule has 0 aliphatic carbocycles. The van der Waals surface area contributed by atoms with Gasteiger partial charge in [-0.1, -0.05) is 18.2 Å². The predicted molar refractivity (Wildman–Crippen MR) is 124 cm³/mol. The third kappa shape index (κ3) is 5.57. The van der Waals surface area contributed by atoms with Crippen LogP contribution in [0.3, 0.4) is 0 Å². The van der Waals surface area contributed by atoms with Gasteiger partial charge < -0.3 is 19.7 Å². The van der Waals surface area contributed by atoms with Gasteiger partial charge in [0.1, 0.15) is 5.75 Å². The first-order valence-corrected chi connectivity index (χ1v) is 11.2. The van der Waals surface area contributed by atoms with Gasteiger partial charge in [-0.3, -0.25) is 9.69 Å². The van der Waals surface area contributed by atoms with Gasteiger partial charge in [-0.2, -0.15) is 0 Å². The van der Waals surface area contributed by atoms with E-state index in [1.54, 1.807) is 0 Å². The Labute approximate surface area is 185 Å². The molecule has 1 fully saturated rings. The van der Waals surface area contributed by atoms with Gasteiger partial charge >= 0.3 is 0 Å². The number of benzene rings is 2. The summed E-state index contributed by atoms with van der Waals surface area (Å²) in [6.45, 7) is 5.59. The summed E-state index contributed by atoms with van der Waals surface area (Å²) in [7, 11) is 4.01. The fraction of sp³-hybridized carbons (Fsp3) is 0.480. The molecule has 0 spiro atoms. The van der Waals surface area contributed by atoms with Crippen LogP contribution in [0.5, 0.6) is 5.75 Å². The number of nitrogens with zero attached hydrogens (tertiary/aromatic N) is 2. The van der Waals surface area contributed by atoms with Crippen molar-refractivity contribution in [2.24, 2.45) is 0 Å². The molecule has 1 N–H and O–H groups in total. The number of nitrogens with one attached hydrogen (secondary N) is 1. The molecule has 2 aliphatic rings. The Morgan fingerprint density at radius 1 is 1.13 bits per heavy atom. The molecule has 0 radical (unpaired) electrons. The Morgan fingerprint density at radius 3 is 2.77 bits per heavy atom. The predicted octanol–water partition coefficient (Wildman–Crippen LogP) is 3.72. The van der Waals surface area contributed by atoms with Crippen molar-refractivity contribution in [1.29, 1.82) is 0 Å². The number of anilines is 2. The summed E-state index contributed by atoms with van der Waals surface area (Å²) >= 11 is 0. The number of hydrogen-bond acceptors (Lipinski definition) is 5. The smallest absolute Gasteiger partial charge is 0.225 e. The van der Waals surface area contributed by atoms with Gasteiger partial charge in [0, 0.05) is 50.9 Å². The van der Waals surface area contributed by atoms with E-state index in [-0.39, 0.29) is 11.8 Å². The van der Waals surface area contributed by atoms with Gasteiger partial charge in [0.15, 0.2) is 0 Å². The summed E-state index contributed by atoms with van der Waals surface area (Å²) in [5, 5.41) is 3.04. The molecule has 6 heteroatoms. The molecule has 2 aromatic carbocycles. The van der Waals surface area contributed by atoms with E-state index in [9.17, 15) is 4.79 Å². The van der Waals surface area contributed by atoms with Crippen molar-refractivity contribution in [2.45, 2.75) is 25.2 Å². The third-order valence-corrected chi connectivity index (χ3v) is 6.09. The van der Waals surface area contributed by atoms with Crippen molar-refractivity contribution in [1.82, 2.24) is 4.90 Å². The monoisotopic (exact) mass is 423 g/mol. The van der Waals surface area contributed by atoms with Crippen LogP contribution in [0.1, 0.15) is 36.3 Å². The van der Waals surface area contributed by atoms with E-state index in [4.69, 9.17) is 9.47 Å². The third-order valence-electron chi connectivity index (χ3n) is 6.09. The number of hydrogen-bond donors (Lipinski definition) is 1. The van der Waals surface area contributed by atoms with E-state index in [2.05, 4.69) is 34.5 Å². The second-order valence-corrected chi connectivity index (χ2v) is 8.55. The standard InChI is InChI=1S/C25H33N3O3/c1-27(2)20-8-9-22-23(18-25(29)26-24(22)17-20)19-6-5-7-21(16-19)31-13-4-3-10-28-11-14-30-15-12-28/h5-9,16-17,23H,3-4,10-15,18H2,1-2H3,(H,26,29). The first-order chi connectivity index (χ1) is 15.1. The maximum Gasteiger partial charge on any atom is 0.225 e. The zero-order chi connectivity index (χ0) is 21.6. The van der Waals surface area contributed by atoms with Gasteiger partial charge in [0.2, 0.25) is 5.91 Å². The number of rotatable bonds is 8. The average Bonchev–Trinajstić information content (AvgIpc) is 2.78. The number of carbonyl (C=O) groups excluding carboxylic acids is 1. The van der Waals surface area contributed by atoms with Gasteiger partial charge in [-0.15, -0.1) is 0 Å². The lowest BCUT2D eigenvalue weighted by Gasteiger charge is -2.28. The van der Waals surface area contributed by atoms with Crippen LogP contribution in [0.4, 0.5) is 11.4 Å². The quantitative estimate of drug-likeness (QED) is 0.656. The number of ether oxygens (including phenoxy) is 2. The molecule has 31 heavy (non-hydrogen) atoms. The lowest BCUT2D eigenvalue weighted by atomic mass is 9.84. The van der Waals surface area contributed by atoms with Crippen LogP contribution in [0.2, 0.25) is 0 Å². The molecule has 2 heterocycles. The Hall–Kier alpha value is -2.57. The Kier molecular flexibility index (Phi) is 7.10. The molecule has 0 bridgehead atoms. The van der Waals surface area contributed by atoms with Gasteiger partial charge in [-0.05, 0) is 54.8 Å². The summed E-state index contributed by atoms with van der Waals surface area (Å²) in [5.41, 5.74) is 4.27. The molecule has 1 saturated heterocycles. The van der Waals surface area contributed by atoms with Crippen molar-refractivity contribution in [3.8, 4) is 5.75 Å². The van der Waals surface area contributed by atoms with Gasteiger partial charge in [-0.25, -0.2) is 0 Å². The van der Waals surface area contributed by atoms with Gasteiger partial charge in [0.25, 0.3) is 0 Å². The Bertz CT molecular complexity index is 893. The number of unbranched alkanes of at least 4 members (excludes halogenated alkanes) is 1. The van der Waals surface area contributed by atoms with Crippen molar-refractivity contribution < 1.29 is 14.3 Å². The van der Waals surface area contributed by atoms with Crippen molar-refractivity contribution in [3.63, 3.8) is 0 Å². The second kappa shape index (κ2) is 10.2. The summed E-state index contributed by atoms with van der Waals surface area (Å²) in [6.07, 6.45) is 2.62. The molecule has 0 aromatic heterocycles. The van der Waals surface area contributed by atoms with Crippen LogP contribution in [0, 0.1) is 0 Å². The summed E-state index contributed by atoms with van der Waals surface area (Å²) in [4.78, 5) is 16.9. The molecule has 1 unspecified atom stereocenters. The fourth-order valence-corrected chi connectivity index (χ4v) is 4.30. The van der Waals surface area contributed by atoms with E-state index < -0.39 is 0 Å².